The molecule has 8 nitrogen and oxygen atoms in total. The monoisotopic (exact) mass is 458 g/mol. The SMILES string of the molecule is C=Nc1ccc(-c2nc[nH]c2-c2cccc(C)n2)cc1/C=C(\C)NCCN1CCC(C(=O)O)C1. The van der Waals surface area contributed by atoms with Crippen molar-refractivity contribution in [3.63, 3.8) is 0 Å². The molecule has 1 aliphatic rings. The lowest BCUT2D eigenvalue weighted by Crippen LogP contribution is -2.30. The van der Waals surface area contributed by atoms with Gasteiger partial charge in [-0.15, -0.1) is 0 Å². The van der Waals surface area contributed by atoms with E-state index in [1.54, 1.807) is 6.33 Å². The first-order valence-electron chi connectivity index (χ1n) is 11.4. The second-order valence-electron chi connectivity index (χ2n) is 8.60. The summed E-state index contributed by atoms with van der Waals surface area (Å²) in [6, 6.07) is 11.9. The van der Waals surface area contributed by atoms with Crippen molar-refractivity contribution in [3.05, 3.63) is 59.7 Å². The summed E-state index contributed by atoms with van der Waals surface area (Å²) in [4.78, 5) is 29.9. The molecule has 2 aromatic heterocycles. The number of hydrogen-bond donors (Lipinski definition) is 3. The fourth-order valence-corrected chi connectivity index (χ4v) is 4.28. The van der Waals surface area contributed by atoms with Gasteiger partial charge in [-0.2, -0.15) is 0 Å². The highest BCUT2D eigenvalue weighted by atomic mass is 16.4. The molecule has 0 bridgehead atoms. The number of carboxylic acids is 1. The Kier molecular flexibility index (Phi) is 7.18. The van der Waals surface area contributed by atoms with Crippen molar-refractivity contribution in [2.75, 3.05) is 26.2 Å². The van der Waals surface area contributed by atoms with Crippen LogP contribution in [0.2, 0.25) is 0 Å². The van der Waals surface area contributed by atoms with Gasteiger partial charge in [-0.05, 0) is 63.9 Å². The number of hydrogen-bond acceptors (Lipinski definition) is 6. The van der Waals surface area contributed by atoms with Gasteiger partial charge in [-0.25, -0.2) is 4.98 Å². The van der Waals surface area contributed by atoms with Gasteiger partial charge in [-0.3, -0.25) is 14.8 Å². The van der Waals surface area contributed by atoms with Crippen molar-refractivity contribution in [3.8, 4) is 22.6 Å². The fraction of sp³-hybridized carbons (Fsp3) is 0.308. The van der Waals surface area contributed by atoms with E-state index in [0.717, 1.165) is 71.3 Å². The molecule has 4 rings (SSSR count). The Labute approximate surface area is 199 Å². The third-order valence-corrected chi connectivity index (χ3v) is 6.08. The molecule has 3 heterocycles. The molecule has 1 fully saturated rings. The Hall–Kier alpha value is -3.78. The number of H-pyrrole nitrogens is 1. The van der Waals surface area contributed by atoms with Crippen LogP contribution in [0.1, 0.15) is 24.6 Å². The van der Waals surface area contributed by atoms with Crippen LogP contribution >= 0.6 is 0 Å². The number of likely N-dealkylation sites (tertiary alicyclic amines) is 1. The number of aromatic amines is 1. The Morgan fingerprint density at radius 1 is 1.38 bits per heavy atom. The largest absolute Gasteiger partial charge is 0.481 e. The first-order chi connectivity index (χ1) is 16.4. The Balaban J connectivity index is 1.49. The minimum absolute atomic E-state index is 0.248. The van der Waals surface area contributed by atoms with Gasteiger partial charge in [0, 0.05) is 42.2 Å². The molecule has 0 amide bonds. The molecule has 1 saturated heterocycles. The summed E-state index contributed by atoms with van der Waals surface area (Å²) < 4.78 is 0. The molecule has 34 heavy (non-hydrogen) atoms. The zero-order valence-electron chi connectivity index (χ0n) is 19.6. The summed E-state index contributed by atoms with van der Waals surface area (Å²) in [6.45, 7) is 10.7. The number of pyridine rings is 1. The predicted octanol–water partition coefficient (Wildman–Crippen LogP) is 4.14. The van der Waals surface area contributed by atoms with E-state index in [1.807, 2.05) is 44.2 Å². The maximum atomic E-state index is 11.1. The normalized spacial score (nSPS) is 16.5. The molecule has 176 valence electrons. The molecule has 0 spiro atoms. The zero-order chi connectivity index (χ0) is 24.1. The van der Waals surface area contributed by atoms with E-state index in [1.165, 1.54) is 0 Å². The van der Waals surface area contributed by atoms with Crippen LogP contribution in [0.3, 0.4) is 0 Å². The molecular formula is C26H30N6O2. The average Bonchev–Trinajstić information content (AvgIpc) is 3.49. The minimum atomic E-state index is -0.700. The molecule has 1 aromatic carbocycles. The number of nitrogens with zero attached hydrogens (tertiary/aromatic N) is 4. The van der Waals surface area contributed by atoms with Crippen molar-refractivity contribution in [2.24, 2.45) is 10.9 Å². The molecule has 8 heteroatoms. The average molecular weight is 459 g/mol. The number of aliphatic imine (C=N–C) groups is 1. The molecular weight excluding hydrogens is 428 g/mol. The maximum absolute atomic E-state index is 11.1. The standard InChI is InChI=1S/C26H30N6O2/c1-17-5-4-6-23(31-17)25-24(29-16-30-25)19-7-8-22(27-3)21(14-19)13-18(2)28-10-12-32-11-9-20(15-32)26(33)34/h4-8,13-14,16,20,28H,3,9-12,15H2,1-2H3,(H,29,30)(H,33,34)/b18-13+. The van der Waals surface area contributed by atoms with Crippen LogP contribution < -0.4 is 5.32 Å². The summed E-state index contributed by atoms with van der Waals surface area (Å²) in [7, 11) is 0. The van der Waals surface area contributed by atoms with Gasteiger partial charge < -0.3 is 20.3 Å². The summed E-state index contributed by atoms with van der Waals surface area (Å²) in [5.74, 6) is -0.948. The van der Waals surface area contributed by atoms with Crippen LogP contribution in [0.25, 0.3) is 28.7 Å². The van der Waals surface area contributed by atoms with E-state index in [0.29, 0.717) is 6.54 Å². The highest BCUT2D eigenvalue weighted by molar-refractivity contribution is 5.80. The van der Waals surface area contributed by atoms with Crippen LogP contribution in [0.5, 0.6) is 0 Å². The molecule has 1 unspecified atom stereocenters. The van der Waals surface area contributed by atoms with Crippen LogP contribution in [0.15, 0.2) is 53.4 Å². The summed E-state index contributed by atoms with van der Waals surface area (Å²) >= 11 is 0. The van der Waals surface area contributed by atoms with Crippen molar-refractivity contribution in [1.82, 2.24) is 25.2 Å². The van der Waals surface area contributed by atoms with E-state index in [4.69, 9.17) is 5.11 Å². The van der Waals surface area contributed by atoms with Gasteiger partial charge in [0.25, 0.3) is 0 Å². The Morgan fingerprint density at radius 3 is 2.97 bits per heavy atom. The van der Waals surface area contributed by atoms with Crippen molar-refractivity contribution in [2.45, 2.75) is 20.3 Å². The van der Waals surface area contributed by atoms with Crippen LogP contribution in [-0.2, 0) is 4.79 Å². The van der Waals surface area contributed by atoms with Gasteiger partial charge in [0.2, 0.25) is 0 Å². The lowest BCUT2D eigenvalue weighted by molar-refractivity contribution is -0.141. The Bertz CT molecular complexity index is 1220. The number of aryl methyl sites for hydroxylation is 1. The number of rotatable bonds is 9. The highest BCUT2D eigenvalue weighted by Crippen LogP contribution is 2.32. The highest BCUT2D eigenvalue weighted by Gasteiger charge is 2.27. The van der Waals surface area contributed by atoms with Gasteiger partial charge in [0.15, 0.2) is 0 Å². The van der Waals surface area contributed by atoms with Gasteiger partial charge in [0.05, 0.1) is 35.0 Å². The molecule has 1 aliphatic heterocycles. The number of aromatic nitrogens is 3. The number of imidazole rings is 1. The lowest BCUT2D eigenvalue weighted by Gasteiger charge is -2.16. The van der Waals surface area contributed by atoms with E-state index >= 15 is 0 Å². The third-order valence-electron chi connectivity index (χ3n) is 6.08. The maximum Gasteiger partial charge on any atom is 0.307 e. The smallest absolute Gasteiger partial charge is 0.307 e. The number of allylic oxidation sites excluding steroid dienone is 1. The summed E-state index contributed by atoms with van der Waals surface area (Å²) in [5.41, 5.74) is 7.19. The van der Waals surface area contributed by atoms with E-state index in [2.05, 4.69) is 49.0 Å². The first-order valence-corrected chi connectivity index (χ1v) is 11.4. The molecule has 0 radical (unpaired) electrons. The minimum Gasteiger partial charge on any atom is -0.481 e. The van der Waals surface area contributed by atoms with Crippen LogP contribution in [0, 0.1) is 12.8 Å². The number of nitrogens with one attached hydrogen (secondary N) is 2. The topological polar surface area (TPSA) is 106 Å². The van der Waals surface area contributed by atoms with Gasteiger partial charge >= 0.3 is 5.97 Å². The lowest BCUT2D eigenvalue weighted by atomic mass is 10.0. The summed E-state index contributed by atoms with van der Waals surface area (Å²) in [5, 5.41) is 12.6. The number of aliphatic carboxylic acids is 1. The zero-order valence-corrected chi connectivity index (χ0v) is 19.6. The van der Waals surface area contributed by atoms with Crippen LogP contribution in [0.4, 0.5) is 5.69 Å². The van der Waals surface area contributed by atoms with E-state index in [-0.39, 0.29) is 5.92 Å². The van der Waals surface area contributed by atoms with Gasteiger partial charge in [-0.1, -0.05) is 12.1 Å². The fourth-order valence-electron chi connectivity index (χ4n) is 4.28. The second-order valence-corrected chi connectivity index (χ2v) is 8.60. The van der Waals surface area contributed by atoms with Gasteiger partial charge in [0.1, 0.15) is 0 Å². The Morgan fingerprint density at radius 2 is 2.24 bits per heavy atom. The molecule has 0 saturated carbocycles. The quantitative estimate of drug-likeness (QED) is 0.416. The summed E-state index contributed by atoms with van der Waals surface area (Å²) in [6.07, 6.45) is 4.46. The first kappa shape index (κ1) is 23.4. The molecule has 1 atom stereocenters. The van der Waals surface area contributed by atoms with Crippen molar-refractivity contribution in [1.29, 1.82) is 0 Å². The van der Waals surface area contributed by atoms with E-state index in [9.17, 15) is 4.79 Å². The van der Waals surface area contributed by atoms with Crippen LogP contribution in [-0.4, -0.2) is 63.8 Å². The molecule has 3 aromatic rings. The van der Waals surface area contributed by atoms with E-state index < -0.39 is 5.97 Å². The predicted molar refractivity (Wildman–Crippen MR) is 135 cm³/mol. The van der Waals surface area contributed by atoms with Crippen molar-refractivity contribution < 1.29 is 9.90 Å². The number of carboxylic acid groups (broad SMARTS) is 1. The van der Waals surface area contributed by atoms with Crippen molar-refractivity contribution >= 4 is 24.5 Å². The second kappa shape index (κ2) is 10.4. The molecule has 0 aliphatic carbocycles. The number of carbonyl (C=O) groups is 1. The number of benzene rings is 1. The molecule has 3 N–H and O–H groups in total. The third kappa shape index (κ3) is 5.40.